The number of hydrogen-bond acceptors (Lipinski definition) is 4. The number of urea groups is 1. The molecule has 9 heteroatoms. The number of hydrogen-bond donors (Lipinski definition) is 3. The number of nitrogen functional groups attached to an aromatic ring is 1. The topological polar surface area (TPSA) is 97.9 Å². The van der Waals surface area contributed by atoms with Crippen molar-refractivity contribution in [1.29, 1.82) is 0 Å². The molecule has 0 saturated carbocycles. The number of pyridine rings is 1. The molecular weight excluding hydrogens is 431 g/mol. The maximum Gasteiger partial charge on any atom is 0.319 e. The fourth-order valence-electron chi connectivity index (χ4n) is 3.15. The average molecular weight is 451 g/mol. The average Bonchev–Trinajstić information content (AvgIpc) is 3.11. The molecule has 2 heterocycles. The van der Waals surface area contributed by atoms with Gasteiger partial charge < -0.3 is 16.4 Å². The molecule has 2 aromatic heterocycles. The molecular formula is C23H20ClFN6O. The third kappa shape index (κ3) is 4.87. The zero-order chi connectivity index (χ0) is 22.5. The van der Waals surface area contributed by atoms with Gasteiger partial charge in [0.1, 0.15) is 17.2 Å². The van der Waals surface area contributed by atoms with E-state index in [1.54, 1.807) is 42.6 Å². The van der Waals surface area contributed by atoms with Crippen molar-refractivity contribution >= 4 is 29.1 Å². The molecule has 0 radical (unpaired) electrons. The predicted molar refractivity (Wildman–Crippen MR) is 123 cm³/mol. The number of rotatable bonds is 6. The van der Waals surface area contributed by atoms with E-state index in [0.29, 0.717) is 40.6 Å². The highest BCUT2D eigenvalue weighted by atomic mass is 35.5. The van der Waals surface area contributed by atoms with Gasteiger partial charge >= 0.3 is 6.03 Å². The van der Waals surface area contributed by atoms with E-state index >= 15 is 0 Å². The third-order valence-electron chi connectivity index (χ3n) is 4.74. The van der Waals surface area contributed by atoms with Crippen LogP contribution in [0.3, 0.4) is 0 Å². The van der Waals surface area contributed by atoms with Gasteiger partial charge in [0.05, 0.1) is 5.69 Å². The Morgan fingerprint density at radius 1 is 1.06 bits per heavy atom. The smallest absolute Gasteiger partial charge is 0.319 e. The van der Waals surface area contributed by atoms with Crippen LogP contribution in [0.5, 0.6) is 0 Å². The molecule has 0 unspecified atom stereocenters. The molecule has 0 aliphatic rings. The van der Waals surface area contributed by atoms with Gasteiger partial charge in [0.15, 0.2) is 5.82 Å². The zero-order valence-electron chi connectivity index (χ0n) is 16.9. The lowest BCUT2D eigenvalue weighted by Gasteiger charge is -2.09. The maximum absolute atomic E-state index is 13.4. The molecule has 0 bridgehead atoms. The first kappa shape index (κ1) is 21.3. The summed E-state index contributed by atoms with van der Waals surface area (Å²) >= 11 is 6.01. The lowest BCUT2D eigenvalue weighted by molar-refractivity contribution is 0.252. The summed E-state index contributed by atoms with van der Waals surface area (Å²) in [5.74, 6) is -0.163. The molecule has 7 nitrogen and oxygen atoms in total. The Morgan fingerprint density at radius 2 is 1.81 bits per heavy atom. The normalized spacial score (nSPS) is 10.7. The number of anilines is 2. The summed E-state index contributed by atoms with van der Waals surface area (Å²) in [5, 5.41) is 10.7. The van der Waals surface area contributed by atoms with E-state index in [1.807, 2.05) is 18.2 Å². The molecule has 4 rings (SSSR count). The number of nitrogens with two attached hydrogens (primary N) is 1. The highest BCUT2D eigenvalue weighted by Crippen LogP contribution is 2.34. The van der Waals surface area contributed by atoms with Crippen LogP contribution in [-0.2, 0) is 6.42 Å². The van der Waals surface area contributed by atoms with E-state index in [4.69, 9.17) is 17.3 Å². The minimum absolute atomic E-state index is 0.210. The molecule has 32 heavy (non-hydrogen) atoms. The molecule has 4 aromatic rings. The van der Waals surface area contributed by atoms with Crippen LogP contribution in [-0.4, -0.2) is 27.3 Å². The van der Waals surface area contributed by atoms with Gasteiger partial charge in [0.2, 0.25) is 0 Å². The van der Waals surface area contributed by atoms with Crippen molar-refractivity contribution in [3.05, 3.63) is 89.5 Å². The molecule has 0 saturated heterocycles. The maximum atomic E-state index is 13.4. The largest absolute Gasteiger partial charge is 0.382 e. The van der Waals surface area contributed by atoms with E-state index in [-0.39, 0.29) is 11.6 Å². The summed E-state index contributed by atoms with van der Waals surface area (Å²) < 4.78 is 14.8. The van der Waals surface area contributed by atoms with Gasteiger partial charge in [-0.1, -0.05) is 29.8 Å². The van der Waals surface area contributed by atoms with Gasteiger partial charge in [-0.05, 0) is 48.5 Å². The number of nitrogens with one attached hydrogen (secondary N) is 2. The third-order valence-corrected chi connectivity index (χ3v) is 4.99. The quantitative estimate of drug-likeness (QED) is 0.397. The minimum Gasteiger partial charge on any atom is -0.382 e. The molecule has 2 aromatic carbocycles. The van der Waals surface area contributed by atoms with Crippen molar-refractivity contribution in [3.63, 3.8) is 0 Å². The number of carbonyl (C=O) groups excluding carboxylic acids is 1. The number of amides is 2. The highest BCUT2D eigenvalue weighted by molar-refractivity contribution is 6.30. The second-order valence-electron chi connectivity index (χ2n) is 6.96. The Bertz CT molecular complexity index is 1210. The molecule has 0 fully saturated rings. The van der Waals surface area contributed by atoms with E-state index in [9.17, 15) is 9.18 Å². The van der Waals surface area contributed by atoms with Gasteiger partial charge in [-0.3, -0.25) is 4.98 Å². The number of carbonyl (C=O) groups is 1. The standard InChI is InChI=1S/C23H20ClFN6O/c24-16-6-4-15(5-7-16)20-21(22(26)31(30-20)19-10-8-17(25)9-11-19)29-23(32)28-14-12-18-3-1-2-13-27-18/h1-11,13H,12,14,26H2,(H2,28,29,32). The second-order valence-corrected chi connectivity index (χ2v) is 7.39. The van der Waals surface area contributed by atoms with Crippen molar-refractivity contribution in [2.75, 3.05) is 17.6 Å². The fourth-order valence-corrected chi connectivity index (χ4v) is 3.28. The van der Waals surface area contributed by atoms with Crippen LogP contribution >= 0.6 is 11.6 Å². The van der Waals surface area contributed by atoms with Crippen LogP contribution in [0.1, 0.15) is 5.69 Å². The summed E-state index contributed by atoms with van der Waals surface area (Å²) in [5.41, 5.74) is 9.28. The monoisotopic (exact) mass is 450 g/mol. The summed E-state index contributed by atoms with van der Waals surface area (Å²) in [6, 6.07) is 17.9. The first-order chi connectivity index (χ1) is 15.5. The Hall–Kier alpha value is -3.91. The zero-order valence-corrected chi connectivity index (χ0v) is 17.7. The second kappa shape index (κ2) is 9.49. The molecule has 4 N–H and O–H groups in total. The van der Waals surface area contributed by atoms with Gasteiger partial charge in [0, 0.05) is 35.4 Å². The van der Waals surface area contributed by atoms with Crippen LogP contribution in [0.4, 0.5) is 20.7 Å². The molecule has 0 spiro atoms. The van der Waals surface area contributed by atoms with Crippen LogP contribution in [0, 0.1) is 5.82 Å². The Morgan fingerprint density at radius 3 is 2.50 bits per heavy atom. The van der Waals surface area contributed by atoms with E-state index in [0.717, 1.165) is 5.69 Å². The molecule has 2 amide bonds. The summed E-state index contributed by atoms with van der Waals surface area (Å²) in [4.78, 5) is 16.8. The molecule has 162 valence electrons. The van der Waals surface area contributed by atoms with Gasteiger partial charge in [-0.25, -0.2) is 13.9 Å². The Balaban J connectivity index is 1.59. The van der Waals surface area contributed by atoms with Crippen LogP contribution in [0.2, 0.25) is 5.02 Å². The predicted octanol–water partition coefficient (Wildman–Crippen LogP) is 4.67. The SMILES string of the molecule is Nc1c(NC(=O)NCCc2ccccn2)c(-c2ccc(Cl)cc2)nn1-c1ccc(F)cc1. The summed E-state index contributed by atoms with van der Waals surface area (Å²) in [6.07, 6.45) is 2.29. The first-order valence-corrected chi connectivity index (χ1v) is 10.2. The number of benzene rings is 2. The van der Waals surface area contributed by atoms with Gasteiger partial charge in [-0.2, -0.15) is 5.10 Å². The van der Waals surface area contributed by atoms with Crippen LogP contribution in [0.15, 0.2) is 72.9 Å². The van der Waals surface area contributed by atoms with E-state index in [1.165, 1.54) is 16.8 Å². The van der Waals surface area contributed by atoms with Crippen LogP contribution in [0.25, 0.3) is 16.9 Å². The van der Waals surface area contributed by atoms with E-state index in [2.05, 4.69) is 20.7 Å². The molecule has 0 aliphatic carbocycles. The van der Waals surface area contributed by atoms with Crippen LogP contribution < -0.4 is 16.4 Å². The van der Waals surface area contributed by atoms with Crippen molar-refractivity contribution < 1.29 is 9.18 Å². The van der Waals surface area contributed by atoms with Crippen molar-refractivity contribution in [2.45, 2.75) is 6.42 Å². The molecule has 0 atom stereocenters. The van der Waals surface area contributed by atoms with Gasteiger partial charge in [-0.15, -0.1) is 0 Å². The Kier molecular flexibility index (Phi) is 6.32. The van der Waals surface area contributed by atoms with E-state index < -0.39 is 6.03 Å². The molecule has 0 aliphatic heterocycles. The lowest BCUT2D eigenvalue weighted by Crippen LogP contribution is -2.31. The van der Waals surface area contributed by atoms with Gasteiger partial charge in [0.25, 0.3) is 0 Å². The van der Waals surface area contributed by atoms with Crippen molar-refractivity contribution in [2.24, 2.45) is 0 Å². The van der Waals surface area contributed by atoms with Crippen molar-refractivity contribution in [1.82, 2.24) is 20.1 Å². The summed E-state index contributed by atoms with van der Waals surface area (Å²) in [6.45, 7) is 0.394. The lowest BCUT2D eigenvalue weighted by atomic mass is 10.1. The Labute approximate surface area is 189 Å². The first-order valence-electron chi connectivity index (χ1n) is 9.86. The minimum atomic E-state index is -0.429. The van der Waals surface area contributed by atoms with Crippen molar-refractivity contribution in [3.8, 4) is 16.9 Å². The fraction of sp³-hybridized carbons (Fsp3) is 0.0870. The summed E-state index contributed by atoms with van der Waals surface area (Å²) in [7, 11) is 0. The number of aromatic nitrogens is 3. The number of nitrogens with zero attached hydrogens (tertiary/aromatic N) is 3. The number of halogens is 2. The highest BCUT2D eigenvalue weighted by Gasteiger charge is 2.20.